The van der Waals surface area contributed by atoms with Crippen molar-refractivity contribution in [1.29, 1.82) is 0 Å². The van der Waals surface area contributed by atoms with Gasteiger partial charge in [-0.05, 0) is 53.7 Å². The highest BCUT2D eigenvalue weighted by Crippen LogP contribution is 2.33. The number of halogens is 1. The van der Waals surface area contributed by atoms with Crippen LogP contribution >= 0.6 is 15.9 Å². The van der Waals surface area contributed by atoms with Gasteiger partial charge in [-0.25, -0.2) is 0 Å². The highest BCUT2D eigenvalue weighted by molar-refractivity contribution is 9.10. The first-order chi connectivity index (χ1) is 9.00. The summed E-state index contributed by atoms with van der Waals surface area (Å²) in [5, 5.41) is 22.6. The molecule has 1 aromatic carbocycles. The predicted octanol–water partition coefficient (Wildman–Crippen LogP) is 2.87. The molecule has 0 heterocycles. The number of anilines is 1. The molecule has 0 amide bonds. The van der Waals surface area contributed by atoms with E-state index in [4.69, 9.17) is 5.11 Å². The average Bonchev–Trinajstić information content (AvgIpc) is 2.38. The molecule has 1 fully saturated rings. The van der Waals surface area contributed by atoms with Crippen molar-refractivity contribution in [2.45, 2.75) is 31.3 Å². The van der Waals surface area contributed by atoms with Crippen molar-refractivity contribution in [3.63, 3.8) is 0 Å². The Bertz CT molecular complexity index is 456. The van der Waals surface area contributed by atoms with E-state index in [1.807, 2.05) is 24.3 Å². The molecule has 0 aliphatic heterocycles. The molecule has 0 spiro atoms. The molecule has 0 unspecified atom stereocenters. The number of aliphatic carboxylic acids is 1. The van der Waals surface area contributed by atoms with Gasteiger partial charge in [0.05, 0.1) is 11.5 Å². The minimum atomic E-state index is -0.804. The Morgan fingerprint density at radius 2 is 2.00 bits per heavy atom. The van der Waals surface area contributed by atoms with Crippen molar-refractivity contribution >= 4 is 27.6 Å². The van der Waals surface area contributed by atoms with Gasteiger partial charge in [0.15, 0.2) is 0 Å². The van der Waals surface area contributed by atoms with Crippen LogP contribution in [-0.4, -0.2) is 28.3 Å². The zero-order chi connectivity index (χ0) is 13.9. The fourth-order valence-corrected chi connectivity index (χ4v) is 2.87. The first-order valence-corrected chi connectivity index (χ1v) is 7.23. The van der Waals surface area contributed by atoms with Crippen LogP contribution in [0.25, 0.3) is 0 Å². The summed E-state index contributed by atoms with van der Waals surface area (Å²) in [5.41, 5.74) is 0.137. The van der Waals surface area contributed by atoms with Gasteiger partial charge in [-0.15, -0.1) is 0 Å². The van der Waals surface area contributed by atoms with Crippen LogP contribution in [0.3, 0.4) is 0 Å². The van der Waals surface area contributed by atoms with E-state index in [2.05, 4.69) is 21.2 Å². The minimum absolute atomic E-state index is 0.302. The zero-order valence-corrected chi connectivity index (χ0v) is 12.2. The summed E-state index contributed by atoms with van der Waals surface area (Å²) in [5.74, 6) is -1.05. The van der Waals surface area contributed by atoms with Crippen LogP contribution in [0.5, 0.6) is 0 Å². The lowest BCUT2D eigenvalue weighted by atomic mass is 9.79. The van der Waals surface area contributed by atoms with Crippen molar-refractivity contribution in [2.75, 3.05) is 11.9 Å². The number of para-hydroxylation sites is 1. The summed E-state index contributed by atoms with van der Waals surface area (Å²) in [6, 6.07) is 7.74. The highest BCUT2D eigenvalue weighted by Gasteiger charge is 2.35. The molecule has 104 valence electrons. The van der Waals surface area contributed by atoms with Gasteiger partial charge in [-0.3, -0.25) is 4.79 Å². The molecule has 0 bridgehead atoms. The fraction of sp³-hybridized carbons (Fsp3) is 0.500. The topological polar surface area (TPSA) is 69.6 Å². The lowest BCUT2D eigenvalue weighted by molar-refractivity contribution is -0.144. The van der Waals surface area contributed by atoms with Crippen LogP contribution in [0.2, 0.25) is 0 Å². The number of carboxylic acid groups (broad SMARTS) is 1. The summed E-state index contributed by atoms with van der Waals surface area (Å²) >= 11 is 3.45. The second-order valence-corrected chi connectivity index (χ2v) is 6.02. The molecule has 1 aliphatic carbocycles. The van der Waals surface area contributed by atoms with Gasteiger partial charge in [0.25, 0.3) is 0 Å². The third-order valence-corrected chi connectivity index (χ3v) is 4.44. The Kier molecular flexibility index (Phi) is 4.47. The number of rotatable bonds is 4. The third-order valence-electron chi connectivity index (χ3n) is 3.75. The van der Waals surface area contributed by atoms with Crippen LogP contribution < -0.4 is 5.32 Å². The molecule has 0 aromatic heterocycles. The van der Waals surface area contributed by atoms with Gasteiger partial charge in [0.1, 0.15) is 0 Å². The smallest absolute Gasteiger partial charge is 0.306 e. The maximum atomic E-state index is 10.9. The van der Waals surface area contributed by atoms with Crippen LogP contribution in [-0.2, 0) is 4.79 Å². The summed E-state index contributed by atoms with van der Waals surface area (Å²) in [6.07, 6.45) is 2.15. The molecular weight excluding hydrogens is 310 g/mol. The van der Waals surface area contributed by atoms with E-state index in [0.717, 1.165) is 10.2 Å². The van der Waals surface area contributed by atoms with E-state index in [-0.39, 0.29) is 5.92 Å². The summed E-state index contributed by atoms with van der Waals surface area (Å²) in [7, 11) is 0. The van der Waals surface area contributed by atoms with Gasteiger partial charge in [0.2, 0.25) is 0 Å². The van der Waals surface area contributed by atoms with E-state index in [0.29, 0.717) is 32.2 Å². The van der Waals surface area contributed by atoms with E-state index < -0.39 is 11.6 Å². The highest BCUT2D eigenvalue weighted by atomic mass is 79.9. The quantitative estimate of drug-likeness (QED) is 0.795. The van der Waals surface area contributed by atoms with Gasteiger partial charge >= 0.3 is 5.97 Å². The Balaban J connectivity index is 1.90. The number of carbonyl (C=O) groups is 1. The maximum Gasteiger partial charge on any atom is 0.306 e. The molecule has 0 atom stereocenters. The molecule has 0 radical (unpaired) electrons. The molecule has 19 heavy (non-hydrogen) atoms. The fourth-order valence-electron chi connectivity index (χ4n) is 2.44. The summed E-state index contributed by atoms with van der Waals surface area (Å²) < 4.78 is 0.956. The number of hydrogen-bond donors (Lipinski definition) is 3. The molecule has 2 rings (SSSR count). The Morgan fingerprint density at radius 3 is 2.58 bits per heavy atom. The van der Waals surface area contributed by atoms with E-state index in [1.165, 1.54) is 0 Å². The van der Waals surface area contributed by atoms with E-state index in [9.17, 15) is 9.90 Å². The van der Waals surface area contributed by atoms with Crippen molar-refractivity contribution in [3.8, 4) is 0 Å². The Morgan fingerprint density at radius 1 is 1.37 bits per heavy atom. The number of hydrogen-bond acceptors (Lipinski definition) is 3. The van der Waals surface area contributed by atoms with Crippen molar-refractivity contribution in [3.05, 3.63) is 28.7 Å². The normalized spacial score (nSPS) is 26.9. The monoisotopic (exact) mass is 327 g/mol. The van der Waals surface area contributed by atoms with E-state index >= 15 is 0 Å². The third kappa shape index (κ3) is 3.70. The van der Waals surface area contributed by atoms with Crippen molar-refractivity contribution in [2.24, 2.45) is 5.92 Å². The lowest BCUT2D eigenvalue weighted by Gasteiger charge is -2.35. The molecular formula is C14H18BrNO3. The molecule has 1 saturated carbocycles. The predicted molar refractivity (Wildman–Crippen MR) is 77.2 cm³/mol. The van der Waals surface area contributed by atoms with Crippen LogP contribution in [0.15, 0.2) is 28.7 Å². The minimum Gasteiger partial charge on any atom is -0.481 e. The number of aliphatic hydroxyl groups is 1. The van der Waals surface area contributed by atoms with Gasteiger partial charge in [0, 0.05) is 16.7 Å². The van der Waals surface area contributed by atoms with E-state index in [1.54, 1.807) is 0 Å². The lowest BCUT2D eigenvalue weighted by Crippen LogP contribution is -2.41. The van der Waals surface area contributed by atoms with Crippen molar-refractivity contribution < 1.29 is 15.0 Å². The molecule has 1 aliphatic rings. The molecule has 3 N–H and O–H groups in total. The number of nitrogens with one attached hydrogen (secondary N) is 1. The first kappa shape index (κ1) is 14.3. The maximum absolute atomic E-state index is 10.9. The summed E-state index contributed by atoms with van der Waals surface area (Å²) in [4.78, 5) is 10.9. The molecule has 1 aromatic rings. The largest absolute Gasteiger partial charge is 0.481 e. The second kappa shape index (κ2) is 5.92. The molecule has 0 saturated heterocycles. The first-order valence-electron chi connectivity index (χ1n) is 6.44. The second-order valence-electron chi connectivity index (χ2n) is 5.17. The Labute approximate surface area is 121 Å². The Hall–Kier alpha value is -1.07. The van der Waals surface area contributed by atoms with Crippen molar-refractivity contribution in [1.82, 2.24) is 0 Å². The molecule has 5 heteroatoms. The zero-order valence-electron chi connectivity index (χ0n) is 10.6. The van der Waals surface area contributed by atoms with Crippen LogP contribution in [0.4, 0.5) is 5.69 Å². The molecule has 4 nitrogen and oxygen atoms in total. The number of benzene rings is 1. The average molecular weight is 328 g/mol. The van der Waals surface area contributed by atoms with Crippen LogP contribution in [0.1, 0.15) is 25.7 Å². The standard InChI is InChI=1S/C14H18BrNO3/c15-11-3-1-2-4-12(11)16-9-14(19)7-5-10(6-8-14)13(17)18/h1-4,10,16,19H,5-9H2,(H,17,18). The van der Waals surface area contributed by atoms with Gasteiger partial charge in [-0.2, -0.15) is 0 Å². The summed E-state index contributed by atoms with van der Waals surface area (Å²) in [6.45, 7) is 0.446. The SMILES string of the molecule is O=C(O)C1CCC(O)(CNc2ccccc2Br)CC1. The van der Waals surface area contributed by atoms with Crippen LogP contribution in [0, 0.1) is 5.92 Å². The number of carboxylic acids is 1. The van der Waals surface area contributed by atoms with Gasteiger partial charge in [-0.1, -0.05) is 12.1 Å². The van der Waals surface area contributed by atoms with Gasteiger partial charge < -0.3 is 15.5 Å².